The first-order valence-electron chi connectivity index (χ1n) is 8.78. The largest absolute Gasteiger partial charge is 0.507 e. The maximum absolute atomic E-state index is 14.2. The Labute approximate surface area is 174 Å². The molecule has 10 heteroatoms. The second-order valence-electron chi connectivity index (χ2n) is 6.38. The quantitative estimate of drug-likeness (QED) is 0.388. The van der Waals surface area contributed by atoms with E-state index in [9.17, 15) is 19.1 Å². The van der Waals surface area contributed by atoms with Crippen LogP contribution in [0.15, 0.2) is 48.2 Å². The third kappa shape index (κ3) is 3.20. The SMILES string of the molecule is COc1ccc(/C(O)=C2\C(=O)C(=O)N(c3nnc(C)s3)[C@@H]2c2ccccn2)cc1F. The summed E-state index contributed by atoms with van der Waals surface area (Å²) in [6, 6.07) is 7.72. The van der Waals surface area contributed by atoms with Gasteiger partial charge in [-0.25, -0.2) is 4.39 Å². The maximum atomic E-state index is 14.2. The number of aromatic nitrogens is 3. The van der Waals surface area contributed by atoms with Crippen LogP contribution in [0.25, 0.3) is 5.76 Å². The Balaban J connectivity index is 1.92. The molecule has 1 aromatic carbocycles. The lowest BCUT2D eigenvalue weighted by Crippen LogP contribution is -2.29. The summed E-state index contributed by atoms with van der Waals surface area (Å²) in [5, 5.41) is 19.6. The number of carbonyl (C=O) groups is 2. The van der Waals surface area contributed by atoms with Crippen LogP contribution < -0.4 is 9.64 Å². The number of aryl methyl sites for hydroxylation is 1. The molecule has 0 bridgehead atoms. The third-order valence-electron chi connectivity index (χ3n) is 4.56. The van der Waals surface area contributed by atoms with Crippen LogP contribution in [0.3, 0.4) is 0 Å². The van der Waals surface area contributed by atoms with Crippen molar-refractivity contribution in [1.82, 2.24) is 15.2 Å². The number of amides is 1. The van der Waals surface area contributed by atoms with Gasteiger partial charge in [0, 0.05) is 11.8 Å². The molecule has 0 aliphatic carbocycles. The molecule has 0 saturated carbocycles. The topological polar surface area (TPSA) is 106 Å². The Morgan fingerprint density at radius 2 is 2.03 bits per heavy atom. The van der Waals surface area contributed by atoms with E-state index in [1.165, 1.54) is 25.4 Å². The van der Waals surface area contributed by atoms with Crippen molar-refractivity contribution in [3.05, 3.63) is 70.3 Å². The summed E-state index contributed by atoms with van der Waals surface area (Å²) < 4.78 is 19.1. The van der Waals surface area contributed by atoms with Gasteiger partial charge < -0.3 is 9.84 Å². The normalized spacial score (nSPS) is 18.1. The lowest BCUT2D eigenvalue weighted by molar-refractivity contribution is -0.132. The second-order valence-corrected chi connectivity index (χ2v) is 7.54. The highest BCUT2D eigenvalue weighted by Crippen LogP contribution is 2.42. The summed E-state index contributed by atoms with van der Waals surface area (Å²) in [7, 11) is 1.31. The van der Waals surface area contributed by atoms with E-state index in [2.05, 4.69) is 15.2 Å². The molecule has 0 spiro atoms. The molecule has 8 nitrogen and oxygen atoms in total. The number of benzene rings is 1. The van der Waals surface area contributed by atoms with E-state index in [-0.39, 0.29) is 22.0 Å². The number of hydrogen-bond donors (Lipinski definition) is 1. The van der Waals surface area contributed by atoms with Gasteiger partial charge in [0.1, 0.15) is 16.8 Å². The van der Waals surface area contributed by atoms with Gasteiger partial charge in [-0.1, -0.05) is 17.4 Å². The predicted molar refractivity (Wildman–Crippen MR) is 107 cm³/mol. The van der Waals surface area contributed by atoms with Gasteiger partial charge in [0.25, 0.3) is 5.78 Å². The first-order chi connectivity index (χ1) is 14.4. The number of carbonyl (C=O) groups excluding carboxylic acids is 2. The monoisotopic (exact) mass is 426 g/mol. The van der Waals surface area contributed by atoms with E-state index in [0.717, 1.165) is 22.3 Å². The van der Waals surface area contributed by atoms with Crippen molar-refractivity contribution in [3.8, 4) is 5.75 Å². The molecule has 1 saturated heterocycles. The van der Waals surface area contributed by atoms with Crippen molar-refractivity contribution in [2.45, 2.75) is 13.0 Å². The first-order valence-corrected chi connectivity index (χ1v) is 9.60. The number of nitrogens with zero attached hydrogens (tertiary/aromatic N) is 4. The lowest BCUT2D eigenvalue weighted by Gasteiger charge is -2.21. The minimum absolute atomic E-state index is 0.0161. The van der Waals surface area contributed by atoms with Gasteiger partial charge >= 0.3 is 5.91 Å². The number of pyridine rings is 1. The number of ether oxygens (including phenoxy) is 1. The minimum Gasteiger partial charge on any atom is -0.507 e. The highest BCUT2D eigenvalue weighted by molar-refractivity contribution is 7.15. The zero-order valence-electron chi connectivity index (χ0n) is 15.9. The summed E-state index contributed by atoms with van der Waals surface area (Å²) in [6.45, 7) is 1.72. The van der Waals surface area contributed by atoms with Gasteiger partial charge in [-0.2, -0.15) is 0 Å². The van der Waals surface area contributed by atoms with Gasteiger partial charge in [-0.15, -0.1) is 10.2 Å². The zero-order chi connectivity index (χ0) is 21.4. The number of aliphatic hydroxyl groups is 1. The molecule has 1 amide bonds. The summed E-state index contributed by atoms with van der Waals surface area (Å²) >= 11 is 1.13. The summed E-state index contributed by atoms with van der Waals surface area (Å²) in [5.74, 6) is -3.05. The van der Waals surface area contributed by atoms with Crippen LogP contribution >= 0.6 is 11.3 Å². The molecular weight excluding hydrogens is 411 g/mol. The Hall–Kier alpha value is -3.66. The van der Waals surface area contributed by atoms with Crippen molar-refractivity contribution in [2.75, 3.05) is 12.0 Å². The standard InChI is InChI=1S/C20H15FN4O4S/c1-10-23-24-20(30-10)25-16(13-5-3-4-8-22-13)15(18(27)19(25)28)17(26)11-6-7-14(29-2)12(21)9-11/h3-9,16,26H,1-2H3/b17-15+/t16-/m1/s1. The van der Waals surface area contributed by atoms with Crippen LogP contribution in [-0.2, 0) is 9.59 Å². The van der Waals surface area contributed by atoms with Gasteiger partial charge in [0.05, 0.1) is 18.4 Å². The molecule has 152 valence electrons. The van der Waals surface area contributed by atoms with E-state index in [1.54, 1.807) is 25.1 Å². The first kappa shape index (κ1) is 19.6. The number of Topliss-reactive ketones (excluding diaryl/α,β-unsaturated/α-hetero) is 1. The fourth-order valence-electron chi connectivity index (χ4n) is 3.20. The molecule has 0 unspecified atom stereocenters. The Bertz CT molecular complexity index is 1180. The fraction of sp³-hybridized carbons (Fsp3) is 0.150. The van der Waals surface area contributed by atoms with Crippen molar-refractivity contribution in [2.24, 2.45) is 0 Å². The maximum Gasteiger partial charge on any atom is 0.302 e. The van der Waals surface area contributed by atoms with Crippen molar-refractivity contribution in [1.29, 1.82) is 0 Å². The summed E-state index contributed by atoms with van der Waals surface area (Å²) in [5.41, 5.74) is 0.164. The molecule has 30 heavy (non-hydrogen) atoms. The number of aliphatic hydroxyl groups excluding tert-OH is 1. The average molecular weight is 426 g/mol. The molecule has 1 aliphatic rings. The van der Waals surface area contributed by atoms with E-state index in [1.807, 2.05) is 0 Å². The summed E-state index contributed by atoms with van der Waals surface area (Å²) in [6.07, 6.45) is 1.51. The van der Waals surface area contributed by atoms with Crippen LogP contribution in [0, 0.1) is 12.7 Å². The fourth-order valence-corrected chi connectivity index (χ4v) is 3.91. The molecule has 1 atom stereocenters. The number of methoxy groups -OCH3 is 1. The number of anilines is 1. The number of ketones is 1. The predicted octanol–water partition coefficient (Wildman–Crippen LogP) is 3.02. The third-order valence-corrected chi connectivity index (χ3v) is 5.40. The molecule has 2 aromatic heterocycles. The average Bonchev–Trinajstić information content (AvgIpc) is 3.29. The molecule has 1 N–H and O–H groups in total. The highest BCUT2D eigenvalue weighted by Gasteiger charge is 2.49. The molecule has 1 aliphatic heterocycles. The Morgan fingerprint density at radius 3 is 2.63 bits per heavy atom. The van der Waals surface area contributed by atoms with Crippen molar-refractivity contribution >= 4 is 33.9 Å². The van der Waals surface area contributed by atoms with Crippen LogP contribution in [-0.4, -0.2) is 39.1 Å². The van der Waals surface area contributed by atoms with Crippen LogP contribution in [0.5, 0.6) is 5.75 Å². The molecule has 3 heterocycles. The van der Waals surface area contributed by atoms with Crippen molar-refractivity contribution in [3.63, 3.8) is 0 Å². The zero-order valence-corrected chi connectivity index (χ0v) is 16.7. The van der Waals surface area contributed by atoms with Crippen LogP contribution in [0.4, 0.5) is 9.52 Å². The molecule has 3 aromatic rings. The van der Waals surface area contributed by atoms with Gasteiger partial charge in [0.2, 0.25) is 5.13 Å². The van der Waals surface area contributed by atoms with Crippen molar-refractivity contribution < 1.29 is 23.8 Å². The van der Waals surface area contributed by atoms with E-state index in [0.29, 0.717) is 10.7 Å². The molecule has 4 rings (SSSR count). The Morgan fingerprint density at radius 1 is 1.23 bits per heavy atom. The lowest BCUT2D eigenvalue weighted by atomic mass is 9.98. The second kappa shape index (κ2) is 7.64. The van der Waals surface area contributed by atoms with E-state index < -0.39 is 29.3 Å². The van der Waals surface area contributed by atoms with Gasteiger partial charge in [-0.3, -0.25) is 19.5 Å². The molecule has 1 fully saturated rings. The van der Waals surface area contributed by atoms with E-state index in [4.69, 9.17) is 4.74 Å². The summed E-state index contributed by atoms with van der Waals surface area (Å²) in [4.78, 5) is 31.2. The van der Waals surface area contributed by atoms with Crippen LogP contribution in [0.2, 0.25) is 0 Å². The van der Waals surface area contributed by atoms with Gasteiger partial charge in [0.15, 0.2) is 11.6 Å². The molecular formula is C20H15FN4O4S. The minimum atomic E-state index is -1.04. The smallest absolute Gasteiger partial charge is 0.302 e. The highest BCUT2D eigenvalue weighted by atomic mass is 32.1. The van der Waals surface area contributed by atoms with E-state index >= 15 is 0 Å². The Kier molecular flexibility index (Phi) is 5.00. The number of halogens is 1. The van der Waals surface area contributed by atoms with Gasteiger partial charge in [-0.05, 0) is 37.3 Å². The number of rotatable bonds is 4. The van der Waals surface area contributed by atoms with Crippen LogP contribution in [0.1, 0.15) is 22.3 Å². The number of hydrogen-bond acceptors (Lipinski definition) is 8. The molecule has 0 radical (unpaired) electrons.